The van der Waals surface area contributed by atoms with Crippen LogP contribution in [-0.4, -0.2) is 17.6 Å². The standard InChI is InChI=1S/C18H18N2O2/c21-18-12-7-13-19(17-10-5-2-6-11-17)20(18)15-22-14-16-8-3-1-4-9-16/h1-11,13H,12,14-15H2. The molecule has 1 aliphatic rings. The van der Waals surface area contributed by atoms with E-state index in [1.54, 1.807) is 5.01 Å². The van der Waals surface area contributed by atoms with Gasteiger partial charge >= 0.3 is 0 Å². The molecule has 22 heavy (non-hydrogen) atoms. The molecule has 0 radical (unpaired) electrons. The lowest BCUT2D eigenvalue weighted by Gasteiger charge is -2.35. The molecule has 112 valence electrons. The summed E-state index contributed by atoms with van der Waals surface area (Å²) < 4.78 is 5.71. The molecule has 3 rings (SSSR count). The van der Waals surface area contributed by atoms with Gasteiger partial charge < -0.3 is 4.74 Å². The van der Waals surface area contributed by atoms with E-state index in [-0.39, 0.29) is 12.6 Å². The molecule has 0 saturated carbocycles. The van der Waals surface area contributed by atoms with Crippen molar-refractivity contribution in [2.75, 3.05) is 11.7 Å². The van der Waals surface area contributed by atoms with E-state index in [1.165, 1.54) is 0 Å². The molecule has 0 spiro atoms. The third-order valence-electron chi connectivity index (χ3n) is 3.43. The number of anilines is 1. The summed E-state index contributed by atoms with van der Waals surface area (Å²) in [6.45, 7) is 0.712. The molecule has 0 fully saturated rings. The van der Waals surface area contributed by atoms with Crippen molar-refractivity contribution in [1.29, 1.82) is 0 Å². The Bertz CT molecular complexity index is 641. The Labute approximate surface area is 130 Å². The highest BCUT2D eigenvalue weighted by Gasteiger charge is 2.22. The molecule has 0 aliphatic carbocycles. The summed E-state index contributed by atoms with van der Waals surface area (Å²) in [7, 11) is 0. The summed E-state index contributed by atoms with van der Waals surface area (Å²) in [5.74, 6) is 0.0272. The monoisotopic (exact) mass is 294 g/mol. The lowest BCUT2D eigenvalue weighted by Crippen LogP contribution is -2.46. The van der Waals surface area contributed by atoms with Gasteiger partial charge in [0.25, 0.3) is 0 Å². The van der Waals surface area contributed by atoms with Gasteiger partial charge in [-0.1, -0.05) is 54.6 Å². The Morgan fingerprint density at radius 3 is 2.36 bits per heavy atom. The summed E-state index contributed by atoms with van der Waals surface area (Å²) in [5, 5.41) is 3.45. The molecule has 0 N–H and O–H groups in total. The lowest BCUT2D eigenvalue weighted by molar-refractivity contribution is -0.137. The molecule has 0 bridgehead atoms. The second kappa shape index (κ2) is 6.91. The van der Waals surface area contributed by atoms with Gasteiger partial charge in [0.15, 0.2) is 0 Å². The molecular formula is C18H18N2O2. The van der Waals surface area contributed by atoms with Gasteiger partial charge in [-0.15, -0.1) is 0 Å². The molecule has 1 aliphatic heterocycles. The van der Waals surface area contributed by atoms with Crippen molar-refractivity contribution in [3.63, 3.8) is 0 Å². The van der Waals surface area contributed by atoms with E-state index < -0.39 is 0 Å². The zero-order valence-electron chi connectivity index (χ0n) is 12.3. The first-order chi connectivity index (χ1) is 10.8. The minimum atomic E-state index is 0.0272. The third-order valence-corrected chi connectivity index (χ3v) is 3.43. The molecule has 0 unspecified atom stereocenters. The first-order valence-corrected chi connectivity index (χ1v) is 7.27. The largest absolute Gasteiger partial charge is 0.354 e. The summed E-state index contributed by atoms with van der Waals surface area (Å²) >= 11 is 0. The fourth-order valence-corrected chi connectivity index (χ4v) is 2.32. The number of hydrogen-bond donors (Lipinski definition) is 0. The van der Waals surface area contributed by atoms with Crippen LogP contribution in [0, 0.1) is 0 Å². The predicted molar refractivity (Wildman–Crippen MR) is 85.6 cm³/mol. The first kappa shape index (κ1) is 14.4. The lowest BCUT2D eigenvalue weighted by atomic mass is 10.2. The molecular weight excluding hydrogens is 276 g/mol. The number of hydrogen-bond acceptors (Lipinski definition) is 3. The van der Waals surface area contributed by atoms with Crippen LogP contribution >= 0.6 is 0 Å². The number of hydrazine groups is 1. The number of benzene rings is 2. The quantitative estimate of drug-likeness (QED) is 0.848. The van der Waals surface area contributed by atoms with E-state index in [9.17, 15) is 4.79 Å². The number of nitrogens with zero attached hydrogens (tertiary/aromatic N) is 2. The Morgan fingerprint density at radius 2 is 1.64 bits per heavy atom. The SMILES string of the molecule is O=C1CC=CN(c2ccccc2)N1COCc1ccccc1. The zero-order valence-corrected chi connectivity index (χ0v) is 12.3. The van der Waals surface area contributed by atoms with Gasteiger partial charge in [-0.05, 0) is 17.7 Å². The van der Waals surface area contributed by atoms with Crippen molar-refractivity contribution in [2.24, 2.45) is 0 Å². The van der Waals surface area contributed by atoms with Crippen molar-refractivity contribution in [3.05, 3.63) is 78.5 Å². The van der Waals surface area contributed by atoms with Gasteiger partial charge in [-0.3, -0.25) is 9.80 Å². The van der Waals surface area contributed by atoms with Crippen LogP contribution in [0.25, 0.3) is 0 Å². The molecule has 1 amide bonds. The van der Waals surface area contributed by atoms with E-state index in [0.29, 0.717) is 13.0 Å². The van der Waals surface area contributed by atoms with E-state index in [2.05, 4.69) is 0 Å². The van der Waals surface area contributed by atoms with Crippen LogP contribution < -0.4 is 5.01 Å². The second-order valence-electron chi connectivity index (χ2n) is 5.03. The van der Waals surface area contributed by atoms with Gasteiger partial charge in [0, 0.05) is 12.6 Å². The summed E-state index contributed by atoms with van der Waals surface area (Å²) in [5.41, 5.74) is 2.03. The second-order valence-corrected chi connectivity index (χ2v) is 5.03. The minimum absolute atomic E-state index is 0.0272. The third kappa shape index (κ3) is 3.35. The van der Waals surface area contributed by atoms with Crippen LogP contribution in [0.2, 0.25) is 0 Å². The smallest absolute Gasteiger partial charge is 0.247 e. The Morgan fingerprint density at radius 1 is 0.955 bits per heavy atom. The predicted octanol–water partition coefficient (Wildman–Crippen LogP) is 3.33. The highest BCUT2D eigenvalue weighted by Crippen LogP contribution is 2.20. The first-order valence-electron chi connectivity index (χ1n) is 7.27. The normalized spacial score (nSPS) is 14.5. The summed E-state index contributed by atoms with van der Waals surface area (Å²) in [6, 6.07) is 19.7. The Kier molecular flexibility index (Phi) is 4.51. The molecule has 2 aromatic carbocycles. The van der Waals surface area contributed by atoms with Crippen LogP contribution in [0.1, 0.15) is 12.0 Å². The number of carbonyl (C=O) groups excluding carboxylic acids is 1. The maximum absolute atomic E-state index is 12.2. The maximum atomic E-state index is 12.2. The fourth-order valence-electron chi connectivity index (χ4n) is 2.32. The van der Waals surface area contributed by atoms with Crippen LogP contribution in [-0.2, 0) is 16.1 Å². The van der Waals surface area contributed by atoms with E-state index in [1.807, 2.05) is 77.9 Å². The molecule has 0 atom stereocenters. The van der Waals surface area contributed by atoms with Crippen LogP contribution in [0.15, 0.2) is 72.9 Å². The van der Waals surface area contributed by atoms with E-state index in [0.717, 1.165) is 11.3 Å². The maximum Gasteiger partial charge on any atom is 0.247 e. The number of amides is 1. The Balaban J connectivity index is 1.67. The van der Waals surface area contributed by atoms with Gasteiger partial charge in [-0.25, -0.2) is 5.01 Å². The molecule has 4 heteroatoms. The molecule has 4 nitrogen and oxygen atoms in total. The van der Waals surface area contributed by atoms with Gasteiger partial charge in [0.1, 0.15) is 6.73 Å². The van der Waals surface area contributed by atoms with E-state index in [4.69, 9.17) is 4.74 Å². The van der Waals surface area contributed by atoms with Crippen LogP contribution in [0.5, 0.6) is 0 Å². The van der Waals surface area contributed by atoms with E-state index >= 15 is 0 Å². The highest BCUT2D eigenvalue weighted by atomic mass is 16.5. The van der Waals surface area contributed by atoms with Crippen LogP contribution in [0.3, 0.4) is 0 Å². The van der Waals surface area contributed by atoms with Crippen LogP contribution in [0.4, 0.5) is 5.69 Å². The number of carbonyl (C=O) groups is 1. The minimum Gasteiger partial charge on any atom is -0.354 e. The van der Waals surface area contributed by atoms with Crippen molar-refractivity contribution in [3.8, 4) is 0 Å². The van der Waals surface area contributed by atoms with Gasteiger partial charge in [0.2, 0.25) is 5.91 Å². The van der Waals surface area contributed by atoms with Crippen molar-refractivity contribution in [1.82, 2.24) is 5.01 Å². The zero-order chi connectivity index (χ0) is 15.2. The average molecular weight is 294 g/mol. The number of para-hydroxylation sites is 1. The average Bonchev–Trinajstić information content (AvgIpc) is 2.58. The van der Waals surface area contributed by atoms with Gasteiger partial charge in [-0.2, -0.15) is 0 Å². The molecule has 2 aromatic rings. The van der Waals surface area contributed by atoms with Gasteiger partial charge in [0.05, 0.1) is 12.3 Å². The Hall–Kier alpha value is -2.59. The summed E-state index contributed by atoms with van der Waals surface area (Å²) in [4.78, 5) is 12.2. The van der Waals surface area contributed by atoms with Crippen molar-refractivity contribution >= 4 is 11.6 Å². The molecule has 0 aromatic heterocycles. The molecule has 1 heterocycles. The topological polar surface area (TPSA) is 32.8 Å². The molecule has 0 saturated heterocycles. The fraction of sp³-hybridized carbons (Fsp3) is 0.167. The number of rotatable bonds is 5. The van der Waals surface area contributed by atoms with Crippen molar-refractivity contribution < 1.29 is 9.53 Å². The van der Waals surface area contributed by atoms with Crippen molar-refractivity contribution in [2.45, 2.75) is 13.0 Å². The summed E-state index contributed by atoms with van der Waals surface area (Å²) in [6.07, 6.45) is 4.17. The highest BCUT2D eigenvalue weighted by molar-refractivity contribution is 5.81. The number of ether oxygens (including phenoxy) is 1.